The van der Waals surface area contributed by atoms with E-state index >= 15 is 0 Å². The van der Waals surface area contributed by atoms with Gasteiger partial charge < -0.3 is 9.47 Å². The summed E-state index contributed by atoms with van der Waals surface area (Å²) in [7, 11) is 3.50. The molecular weight excluding hydrogens is 382 g/mol. The maximum atomic E-state index is 6.15. The van der Waals surface area contributed by atoms with Gasteiger partial charge >= 0.3 is 0 Å². The van der Waals surface area contributed by atoms with Gasteiger partial charge in [0.1, 0.15) is 18.7 Å². The highest BCUT2D eigenvalue weighted by atomic mass is 16.5. The van der Waals surface area contributed by atoms with E-state index in [1.54, 1.807) is 16.3 Å². The molecule has 0 atom stereocenters. The number of nitrogens with zero attached hydrogens (tertiary/aromatic N) is 7. The van der Waals surface area contributed by atoms with Crippen LogP contribution in [0.15, 0.2) is 36.7 Å². The van der Waals surface area contributed by atoms with E-state index in [0.29, 0.717) is 29.9 Å². The van der Waals surface area contributed by atoms with Gasteiger partial charge in [-0.2, -0.15) is 9.61 Å². The van der Waals surface area contributed by atoms with Crippen LogP contribution in [0.1, 0.15) is 43.0 Å². The van der Waals surface area contributed by atoms with E-state index in [-0.39, 0.29) is 0 Å². The maximum absolute atomic E-state index is 6.15. The van der Waals surface area contributed by atoms with E-state index in [2.05, 4.69) is 26.3 Å². The van der Waals surface area contributed by atoms with Crippen molar-refractivity contribution in [3.63, 3.8) is 0 Å². The van der Waals surface area contributed by atoms with Crippen molar-refractivity contribution in [3.8, 4) is 23.0 Å². The molecule has 0 bridgehead atoms. The first-order chi connectivity index (χ1) is 14.7. The monoisotopic (exact) mass is 405 g/mol. The zero-order valence-corrected chi connectivity index (χ0v) is 17.0. The van der Waals surface area contributed by atoms with Crippen LogP contribution in [0.2, 0.25) is 0 Å². The van der Waals surface area contributed by atoms with Crippen molar-refractivity contribution in [2.24, 2.45) is 7.05 Å². The Hall–Kier alpha value is -3.49. The molecule has 1 aliphatic carbocycles. The van der Waals surface area contributed by atoms with Crippen molar-refractivity contribution in [1.82, 2.24) is 34.6 Å². The molecule has 9 heteroatoms. The Labute approximate surface area is 173 Å². The minimum Gasteiger partial charge on any atom is -0.497 e. The zero-order chi connectivity index (χ0) is 20.5. The van der Waals surface area contributed by atoms with Gasteiger partial charge in [0, 0.05) is 18.2 Å². The van der Waals surface area contributed by atoms with Crippen LogP contribution in [0.3, 0.4) is 0 Å². The average Bonchev–Trinajstić information content (AvgIpc) is 3.53. The predicted molar refractivity (Wildman–Crippen MR) is 109 cm³/mol. The lowest BCUT2D eigenvalue weighted by molar-refractivity contribution is 0.269. The fourth-order valence-corrected chi connectivity index (χ4v) is 3.98. The van der Waals surface area contributed by atoms with Gasteiger partial charge in [-0.1, -0.05) is 12.8 Å². The normalized spacial score (nSPS) is 14.5. The Morgan fingerprint density at radius 1 is 1.10 bits per heavy atom. The van der Waals surface area contributed by atoms with Gasteiger partial charge in [0.05, 0.1) is 7.11 Å². The molecule has 1 aromatic carbocycles. The highest BCUT2D eigenvalue weighted by molar-refractivity contribution is 5.60. The molecule has 0 amide bonds. The standard InChI is InChI=1S/C21H23N7O2/c1-27-19(22-13-23-27)12-30-21-17(14-5-3-4-6-14)11-18-24-25-20(28(18)26-21)15-7-9-16(29-2)10-8-15/h7-11,13-14H,3-6,12H2,1-2H3. The third-order valence-corrected chi connectivity index (χ3v) is 5.67. The number of ether oxygens (including phenoxy) is 2. The second-order valence-electron chi connectivity index (χ2n) is 7.50. The Balaban J connectivity index is 1.55. The number of benzene rings is 1. The highest BCUT2D eigenvalue weighted by Gasteiger charge is 2.24. The summed E-state index contributed by atoms with van der Waals surface area (Å²) in [6, 6.07) is 9.75. The second-order valence-corrected chi connectivity index (χ2v) is 7.50. The van der Waals surface area contributed by atoms with Crippen molar-refractivity contribution in [1.29, 1.82) is 0 Å². The van der Waals surface area contributed by atoms with Crippen LogP contribution >= 0.6 is 0 Å². The maximum Gasteiger partial charge on any atom is 0.235 e. The second kappa shape index (κ2) is 7.74. The van der Waals surface area contributed by atoms with E-state index in [1.807, 2.05) is 31.3 Å². The number of hydrogen-bond donors (Lipinski definition) is 0. The van der Waals surface area contributed by atoms with Crippen LogP contribution in [0, 0.1) is 0 Å². The fourth-order valence-electron chi connectivity index (χ4n) is 3.98. The number of methoxy groups -OCH3 is 1. The quantitative estimate of drug-likeness (QED) is 0.486. The zero-order valence-electron chi connectivity index (χ0n) is 17.0. The molecule has 4 aromatic rings. The van der Waals surface area contributed by atoms with Gasteiger partial charge in [0.15, 0.2) is 17.3 Å². The third kappa shape index (κ3) is 3.36. The van der Waals surface area contributed by atoms with Crippen LogP contribution in [0.4, 0.5) is 0 Å². The van der Waals surface area contributed by atoms with Crippen LogP contribution in [-0.4, -0.2) is 41.7 Å². The molecule has 0 unspecified atom stereocenters. The largest absolute Gasteiger partial charge is 0.497 e. The first-order valence-corrected chi connectivity index (χ1v) is 10.1. The molecule has 0 aliphatic heterocycles. The lowest BCUT2D eigenvalue weighted by Gasteiger charge is -2.15. The SMILES string of the molecule is COc1ccc(-c2nnc3cc(C4CCCC4)c(OCc4ncnn4C)nn23)cc1. The molecule has 5 rings (SSSR count). The van der Waals surface area contributed by atoms with Gasteiger partial charge in [0.2, 0.25) is 5.88 Å². The van der Waals surface area contributed by atoms with Gasteiger partial charge in [-0.15, -0.1) is 15.3 Å². The molecule has 30 heavy (non-hydrogen) atoms. The number of rotatable bonds is 6. The predicted octanol–water partition coefficient (Wildman–Crippen LogP) is 3.17. The summed E-state index contributed by atoms with van der Waals surface area (Å²) < 4.78 is 14.8. The Morgan fingerprint density at radius 2 is 1.90 bits per heavy atom. The summed E-state index contributed by atoms with van der Waals surface area (Å²) >= 11 is 0. The number of hydrogen-bond acceptors (Lipinski definition) is 7. The molecule has 3 aromatic heterocycles. The fraction of sp³-hybridized carbons (Fsp3) is 0.381. The Morgan fingerprint density at radius 3 is 2.60 bits per heavy atom. The highest BCUT2D eigenvalue weighted by Crippen LogP contribution is 2.38. The van der Waals surface area contributed by atoms with Crippen molar-refractivity contribution >= 4 is 5.65 Å². The summed E-state index contributed by atoms with van der Waals surface area (Å²) in [4.78, 5) is 4.25. The molecule has 0 saturated heterocycles. The number of fused-ring (bicyclic) bond motifs is 1. The molecule has 3 heterocycles. The van der Waals surface area contributed by atoms with E-state index < -0.39 is 0 Å². The molecule has 0 radical (unpaired) electrons. The van der Waals surface area contributed by atoms with Gasteiger partial charge in [-0.05, 0) is 49.1 Å². The van der Waals surface area contributed by atoms with Crippen LogP contribution in [-0.2, 0) is 13.7 Å². The Kier molecular flexibility index (Phi) is 4.78. The number of aromatic nitrogens is 7. The van der Waals surface area contributed by atoms with E-state index in [4.69, 9.17) is 14.6 Å². The van der Waals surface area contributed by atoms with Crippen LogP contribution < -0.4 is 9.47 Å². The summed E-state index contributed by atoms with van der Waals surface area (Å²) in [5, 5.41) is 17.7. The smallest absolute Gasteiger partial charge is 0.235 e. The van der Waals surface area contributed by atoms with Gasteiger partial charge in [-0.25, -0.2) is 4.98 Å². The van der Waals surface area contributed by atoms with E-state index in [0.717, 1.165) is 35.5 Å². The first kappa shape index (κ1) is 18.5. The van der Waals surface area contributed by atoms with Crippen LogP contribution in [0.5, 0.6) is 11.6 Å². The lowest BCUT2D eigenvalue weighted by Crippen LogP contribution is -2.10. The van der Waals surface area contributed by atoms with Crippen molar-refractivity contribution in [2.75, 3.05) is 7.11 Å². The molecule has 0 N–H and O–H groups in total. The summed E-state index contributed by atoms with van der Waals surface area (Å²) in [5.74, 6) is 3.23. The van der Waals surface area contributed by atoms with E-state index in [9.17, 15) is 0 Å². The number of aryl methyl sites for hydroxylation is 1. The third-order valence-electron chi connectivity index (χ3n) is 5.67. The van der Waals surface area contributed by atoms with Crippen molar-refractivity contribution in [2.45, 2.75) is 38.2 Å². The minimum absolute atomic E-state index is 0.300. The van der Waals surface area contributed by atoms with Crippen molar-refractivity contribution in [3.05, 3.63) is 48.0 Å². The molecule has 9 nitrogen and oxygen atoms in total. The molecule has 1 fully saturated rings. The van der Waals surface area contributed by atoms with Crippen molar-refractivity contribution < 1.29 is 9.47 Å². The topological polar surface area (TPSA) is 92.3 Å². The van der Waals surface area contributed by atoms with E-state index in [1.165, 1.54) is 19.2 Å². The molecule has 1 aliphatic rings. The molecule has 154 valence electrons. The summed E-state index contributed by atoms with van der Waals surface area (Å²) in [6.07, 6.45) is 6.24. The van der Waals surface area contributed by atoms with Gasteiger partial charge in [-0.3, -0.25) is 4.68 Å². The summed E-state index contributed by atoms with van der Waals surface area (Å²) in [5.41, 5.74) is 2.72. The van der Waals surface area contributed by atoms with Crippen LogP contribution in [0.25, 0.3) is 17.0 Å². The molecule has 1 saturated carbocycles. The molecular formula is C21H23N7O2. The Bertz CT molecular complexity index is 1160. The average molecular weight is 405 g/mol. The summed E-state index contributed by atoms with van der Waals surface area (Å²) in [6.45, 7) is 0.300. The lowest BCUT2D eigenvalue weighted by atomic mass is 9.99. The van der Waals surface area contributed by atoms with Gasteiger partial charge in [0.25, 0.3) is 0 Å². The first-order valence-electron chi connectivity index (χ1n) is 10.1. The minimum atomic E-state index is 0.300. The molecule has 0 spiro atoms.